The minimum absolute atomic E-state index is 0.0925. The van der Waals surface area contributed by atoms with Gasteiger partial charge in [-0.2, -0.15) is 0 Å². The van der Waals surface area contributed by atoms with Crippen LogP contribution in [0.3, 0.4) is 0 Å². The SMILES string of the molecule is NC[C@H]1OC(O)[C@H](O)[C@H]1O. The van der Waals surface area contributed by atoms with Crippen LogP contribution in [0.1, 0.15) is 0 Å². The van der Waals surface area contributed by atoms with E-state index in [2.05, 4.69) is 4.74 Å². The summed E-state index contributed by atoms with van der Waals surface area (Å²) in [6.07, 6.45) is -4.25. The zero-order valence-corrected chi connectivity index (χ0v) is 5.34. The molecule has 1 fully saturated rings. The van der Waals surface area contributed by atoms with Crippen molar-refractivity contribution in [2.75, 3.05) is 6.54 Å². The van der Waals surface area contributed by atoms with Crippen LogP contribution in [0.4, 0.5) is 0 Å². The Morgan fingerprint density at radius 3 is 2.00 bits per heavy atom. The topological polar surface area (TPSA) is 95.9 Å². The molecule has 1 aliphatic rings. The molecule has 5 heteroatoms. The number of hydrogen-bond donors (Lipinski definition) is 4. The molecule has 1 rings (SSSR count). The van der Waals surface area contributed by atoms with E-state index < -0.39 is 24.6 Å². The number of aliphatic hydroxyl groups excluding tert-OH is 3. The Morgan fingerprint density at radius 1 is 1.20 bits per heavy atom. The molecule has 0 aromatic carbocycles. The van der Waals surface area contributed by atoms with Crippen molar-refractivity contribution in [1.29, 1.82) is 0 Å². The average Bonchev–Trinajstić information content (AvgIpc) is 2.17. The Kier molecular flexibility index (Phi) is 2.22. The molecule has 5 N–H and O–H groups in total. The van der Waals surface area contributed by atoms with Gasteiger partial charge in [-0.3, -0.25) is 0 Å². The second-order valence-corrected chi connectivity index (χ2v) is 2.28. The molecule has 0 bridgehead atoms. The molecule has 60 valence electrons. The summed E-state index contributed by atoms with van der Waals surface area (Å²) < 4.78 is 4.67. The highest BCUT2D eigenvalue weighted by molar-refractivity contribution is 4.85. The molecule has 1 aliphatic heterocycles. The largest absolute Gasteiger partial charge is 0.387 e. The van der Waals surface area contributed by atoms with Gasteiger partial charge in [0.05, 0.1) is 0 Å². The summed E-state index contributed by atoms with van der Waals surface area (Å²) in [7, 11) is 0. The lowest BCUT2D eigenvalue weighted by Gasteiger charge is -2.10. The summed E-state index contributed by atoms with van der Waals surface area (Å²) in [4.78, 5) is 0. The Balaban J connectivity index is 2.53. The maximum Gasteiger partial charge on any atom is 0.184 e. The van der Waals surface area contributed by atoms with Crippen LogP contribution in [-0.4, -0.2) is 46.5 Å². The lowest BCUT2D eigenvalue weighted by Crippen LogP contribution is -2.35. The fourth-order valence-corrected chi connectivity index (χ4v) is 0.924. The molecule has 0 aromatic heterocycles. The third-order valence-electron chi connectivity index (χ3n) is 1.57. The number of rotatable bonds is 1. The summed E-state index contributed by atoms with van der Waals surface area (Å²) in [6, 6.07) is 0. The first-order chi connectivity index (χ1) is 4.66. The Hall–Kier alpha value is -0.200. The molecule has 4 atom stereocenters. The summed E-state index contributed by atoms with van der Waals surface area (Å²) >= 11 is 0. The van der Waals surface area contributed by atoms with Crippen LogP contribution in [0.2, 0.25) is 0 Å². The van der Waals surface area contributed by atoms with Crippen LogP contribution in [0.5, 0.6) is 0 Å². The zero-order chi connectivity index (χ0) is 7.72. The molecule has 0 saturated carbocycles. The summed E-state index contributed by atoms with van der Waals surface area (Å²) in [5.74, 6) is 0. The molecule has 0 spiro atoms. The predicted molar refractivity (Wildman–Crippen MR) is 31.9 cm³/mol. The van der Waals surface area contributed by atoms with Gasteiger partial charge in [0.2, 0.25) is 0 Å². The molecule has 10 heavy (non-hydrogen) atoms. The fourth-order valence-electron chi connectivity index (χ4n) is 0.924. The monoisotopic (exact) mass is 149 g/mol. The van der Waals surface area contributed by atoms with Gasteiger partial charge in [0.25, 0.3) is 0 Å². The van der Waals surface area contributed by atoms with Crippen LogP contribution in [0.15, 0.2) is 0 Å². The van der Waals surface area contributed by atoms with E-state index in [-0.39, 0.29) is 6.54 Å². The minimum Gasteiger partial charge on any atom is -0.387 e. The molecule has 0 amide bonds. The summed E-state index contributed by atoms with van der Waals surface area (Å²) in [5, 5.41) is 26.7. The van der Waals surface area contributed by atoms with Crippen LogP contribution >= 0.6 is 0 Å². The molecule has 0 aliphatic carbocycles. The zero-order valence-electron chi connectivity index (χ0n) is 5.34. The highest BCUT2D eigenvalue weighted by atomic mass is 16.6. The lowest BCUT2D eigenvalue weighted by molar-refractivity contribution is -0.125. The highest BCUT2D eigenvalue weighted by Crippen LogP contribution is 2.17. The molecule has 1 unspecified atom stereocenters. The quantitative estimate of drug-likeness (QED) is 0.327. The highest BCUT2D eigenvalue weighted by Gasteiger charge is 2.40. The first kappa shape index (κ1) is 7.90. The van der Waals surface area contributed by atoms with Crippen molar-refractivity contribution in [2.45, 2.75) is 24.6 Å². The second-order valence-electron chi connectivity index (χ2n) is 2.28. The van der Waals surface area contributed by atoms with Gasteiger partial charge in [0.15, 0.2) is 6.29 Å². The van der Waals surface area contributed by atoms with E-state index in [1.54, 1.807) is 0 Å². The number of hydrogen-bond acceptors (Lipinski definition) is 5. The maximum absolute atomic E-state index is 9.01. The van der Waals surface area contributed by atoms with E-state index in [0.717, 1.165) is 0 Å². The fraction of sp³-hybridized carbons (Fsp3) is 1.00. The van der Waals surface area contributed by atoms with E-state index in [1.165, 1.54) is 0 Å². The van der Waals surface area contributed by atoms with Gasteiger partial charge in [-0.05, 0) is 0 Å². The Morgan fingerprint density at radius 2 is 1.80 bits per heavy atom. The first-order valence-electron chi connectivity index (χ1n) is 3.06. The average molecular weight is 149 g/mol. The van der Waals surface area contributed by atoms with Gasteiger partial charge in [-0.25, -0.2) is 0 Å². The van der Waals surface area contributed by atoms with Gasteiger partial charge in [-0.1, -0.05) is 0 Å². The normalized spacial score (nSPS) is 48.0. The van der Waals surface area contributed by atoms with Crippen LogP contribution in [0.25, 0.3) is 0 Å². The van der Waals surface area contributed by atoms with E-state index in [9.17, 15) is 0 Å². The molecule has 1 heterocycles. The van der Waals surface area contributed by atoms with Gasteiger partial charge in [0.1, 0.15) is 18.3 Å². The third kappa shape index (κ3) is 1.14. The molecule has 5 nitrogen and oxygen atoms in total. The van der Waals surface area contributed by atoms with E-state index in [4.69, 9.17) is 21.1 Å². The van der Waals surface area contributed by atoms with Crippen molar-refractivity contribution >= 4 is 0 Å². The molecular formula is C5H11NO4. The predicted octanol–water partition coefficient (Wildman–Crippen LogP) is -2.62. The van der Waals surface area contributed by atoms with E-state index in [1.807, 2.05) is 0 Å². The van der Waals surface area contributed by atoms with Gasteiger partial charge < -0.3 is 25.8 Å². The Bertz CT molecular complexity index is 120. The molecule has 1 saturated heterocycles. The number of ether oxygens (including phenoxy) is 1. The molecule has 0 radical (unpaired) electrons. The first-order valence-corrected chi connectivity index (χ1v) is 3.06. The third-order valence-corrected chi connectivity index (χ3v) is 1.57. The van der Waals surface area contributed by atoms with Gasteiger partial charge in [-0.15, -0.1) is 0 Å². The van der Waals surface area contributed by atoms with Crippen LogP contribution < -0.4 is 5.73 Å². The van der Waals surface area contributed by atoms with Crippen molar-refractivity contribution in [1.82, 2.24) is 0 Å². The van der Waals surface area contributed by atoms with Crippen molar-refractivity contribution in [2.24, 2.45) is 5.73 Å². The Labute approximate surface area is 58.0 Å². The second kappa shape index (κ2) is 2.81. The summed E-state index contributed by atoms with van der Waals surface area (Å²) in [6.45, 7) is 0.0925. The smallest absolute Gasteiger partial charge is 0.184 e. The number of aliphatic hydroxyl groups is 3. The van der Waals surface area contributed by atoms with Gasteiger partial charge in [0, 0.05) is 6.54 Å². The van der Waals surface area contributed by atoms with Gasteiger partial charge >= 0.3 is 0 Å². The van der Waals surface area contributed by atoms with Crippen molar-refractivity contribution in [3.05, 3.63) is 0 Å². The molecular weight excluding hydrogens is 138 g/mol. The van der Waals surface area contributed by atoms with Crippen LogP contribution in [0, 0.1) is 0 Å². The van der Waals surface area contributed by atoms with Crippen molar-refractivity contribution < 1.29 is 20.1 Å². The van der Waals surface area contributed by atoms with Crippen molar-refractivity contribution in [3.8, 4) is 0 Å². The summed E-state index contributed by atoms with van der Waals surface area (Å²) in [5.41, 5.74) is 5.14. The lowest BCUT2D eigenvalue weighted by atomic mass is 10.1. The minimum atomic E-state index is -1.30. The van der Waals surface area contributed by atoms with E-state index >= 15 is 0 Å². The van der Waals surface area contributed by atoms with Crippen LogP contribution in [-0.2, 0) is 4.74 Å². The molecule has 0 aromatic rings. The number of nitrogens with two attached hydrogens (primary N) is 1. The van der Waals surface area contributed by atoms with Crippen molar-refractivity contribution in [3.63, 3.8) is 0 Å². The maximum atomic E-state index is 9.01. The standard InChI is InChI=1S/C5H11NO4/c6-1-2-3(7)4(8)5(9)10-2/h2-5,7-9H,1,6H2/t2-,3+,4-,5?/m1/s1. The van der Waals surface area contributed by atoms with E-state index in [0.29, 0.717) is 0 Å².